The van der Waals surface area contributed by atoms with Crippen LogP contribution in [0.25, 0.3) is 0 Å². The van der Waals surface area contributed by atoms with Crippen molar-refractivity contribution in [1.82, 2.24) is 15.0 Å². The molecule has 1 aliphatic heterocycles. The lowest BCUT2D eigenvalue weighted by Crippen LogP contribution is -2.37. The standard InChI is InChI=1S/C18H21F2N3O2/c19-13-5-6-14(15(20)8-13)16(24)10-23-7-1-2-12(9-23)17-21-18(25-22-17)11-3-4-11/h5-6,8,11-12,16,24H,1-4,7,9-10H2/t12-,16-/m1/s1. The van der Waals surface area contributed by atoms with Gasteiger partial charge in [-0.15, -0.1) is 0 Å². The third kappa shape index (κ3) is 3.72. The molecule has 1 aliphatic carbocycles. The number of β-amino-alcohol motifs (C(OH)–C–C–N with tert-alkyl or cyclic N) is 1. The molecule has 2 fully saturated rings. The molecule has 4 rings (SSSR count). The fraction of sp³-hybridized carbons (Fsp3) is 0.556. The maximum Gasteiger partial charge on any atom is 0.229 e. The van der Waals surface area contributed by atoms with E-state index in [1.807, 2.05) is 0 Å². The van der Waals surface area contributed by atoms with Gasteiger partial charge in [0.2, 0.25) is 5.89 Å². The molecule has 0 bridgehead atoms. The Morgan fingerprint density at radius 3 is 2.84 bits per heavy atom. The van der Waals surface area contributed by atoms with Gasteiger partial charge in [0.05, 0.1) is 6.10 Å². The minimum atomic E-state index is -0.994. The smallest absolute Gasteiger partial charge is 0.229 e. The third-order valence-corrected chi connectivity index (χ3v) is 5.01. The molecule has 2 aromatic rings. The first kappa shape index (κ1) is 16.6. The second kappa shape index (κ2) is 6.80. The van der Waals surface area contributed by atoms with Crippen LogP contribution >= 0.6 is 0 Å². The van der Waals surface area contributed by atoms with E-state index in [1.165, 1.54) is 12.1 Å². The van der Waals surface area contributed by atoms with Crippen molar-refractivity contribution in [3.8, 4) is 0 Å². The highest BCUT2D eigenvalue weighted by atomic mass is 19.1. The predicted molar refractivity (Wildman–Crippen MR) is 86.0 cm³/mol. The van der Waals surface area contributed by atoms with Crippen LogP contribution in [-0.4, -0.2) is 39.8 Å². The summed E-state index contributed by atoms with van der Waals surface area (Å²) in [6, 6.07) is 3.27. The zero-order chi connectivity index (χ0) is 17.4. The lowest BCUT2D eigenvalue weighted by atomic mass is 9.96. The highest BCUT2D eigenvalue weighted by molar-refractivity contribution is 5.21. The molecule has 0 amide bonds. The van der Waals surface area contributed by atoms with Gasteiger partial charge in [0, 0.05) is 36.6 Å². The second-order valence-electron chi connectivity index (χ2n) is 7.05. The molecule has 1 N–H and O–H groups in total. The van der Waals surface area contributed by atoms with E-state index in [0.29, 0.717) is 19.0 Å². The van der Waals surface area contributed by atoms with Crippen LogP contribution in [0.4, 0.5) is 8.78 Å². The monoisotopic (exact) mass is 349 g/mol. The lowest BCUT2D eigenvalue weighted by molar-refractivity contribution is 0.0917. The Morgan fingerprint density at radius 1 is 1.24 bits per heavy atom. The van der Waals surface area contributed by atoms with Crippen LogP contribution in [0, 0.1) is 11.6 Å². The minimum Gasteiger partial charge on any atom is -0.387 e. The molecule has 25 heavy (non-hydrogen) atoms. The van der Waals surface area contributed by atoms with E-state index in [2.05, 4.69) is 15.0 Å². The highest BCUT2D eigenvalue weighted by Gasteiger charge is 2.32. The number of hydrogen-bond acceptors (Lipinski definition) is 5. The number of rotatable bonds is 5. The first-order valence-electron chi connectivity index (χ1n) is 8.79. The van der Waals surface area contributed by atoms with Crippen molar-refractivity contribution in [2.24, 2.45) is 0 Å². The minimum absolute atomic E-state index is 0.124. The van der Waals surface area contributed by atoms with E-state index in [9.17, 15) is 13.9 Å². The van der Waals surface area contributed by atoms with E-state index < -0.39 is 17.7 Å². The molecule has 1 aromatic carbocycles. The van der Waals surface area contributed by atoms with Crippen molar-refractivity contribution in [2.45, 2.75) is 43.6 Å². The number of likely N-dealkylation sites (tertiary alicyclic amines) is 1. The van der Waals surface area contributed by atoms with Crippen LogP contribution in [0.15, 0.2) is 22.7 Å². The van der Waals surface area contributed by atoms with Crippen molar-refractivity contribution in [1.29, 1.82) is 0 Å². The third-order valence-electron chi connectivity index (χ3n) is 5.01. The van der Waals surface area contributed by atoms with Gasteiger partial charge in [0.25, 0.3) is 0 Å². The summed E-state index contributed by atoms with van der Waals surface area (Å²) in [5.41, 5.74) is 0.124. The summed E-state index contributed by atoms with van der Waals surface area (Å²) in [5.74, 6) is 0.706. The molecule has 7 heteroatoms. The zero-order valence-corrected chi connectivity index (χ0v) is 13.9. The van der Waals surface area contributed by atoms with E-state index in [0.717, 1.165) is 50.0 Å². The largest absolute Gasteiger partial charge is 0.387 e. The molecule has 0 radical (unpaired) electrons. The normalized spacial score (nSPS) is 22.9. The van der Waals surface area contributed by atoms with Crippen LogP contribution in [0.5, 0.6) is 0 Å². The molecule has 2 atom stereocenters. The number of aromatic nitrogens is 2. The quantitative estimate of drug-likeness (QED) is 0.898. The van der Waals surface area contributed by atoms with Gasteiger partial charge in [0.15, 0.2) is 5.82 Å². The van der Waals surface area contributed by atoms with Crippen molar-refractivity contribution < 1.29 is 18.4 Å². The van der Waals surface area contributed by atoms with Gasteiger partial charge in [-0.25, -0.2) is 8.78 Å². The highest BCUT2D eigenvalue weighted by Crippen LogP contribution is 2.39. The fourth-order valence-electron chi connectivity index (χ4n) is 3.46. The first-order chi connectivity index (χ1) is 12.1. The molecule has 5 nitrogen and oxygen atoms in total. The summed E-state index contributed by atoms with van der Waals surface area (Å²) in [4.78, 5) is 6.60. The molecule has 1 aromatic heterocycles. The van der Waals surface area contributed by atoms with Crippen molar-refractivity contribution in [3.05, 3.63) is 47.1 Å². The summed E-state index contributed by atoms with van der Waals surface area (Å²) in [6.07, 6.45) is 3.17. The number of aliphatic hydroxyl groups is 1. The lowest BCUT2D eigenvalue weighted by Gasteiger charge is -2.32. The SMILES string of the molecule is O[C@H](CN1CCC[C@@H](c2noc(C3CC3)n2)C1)c1ccc(F)cc1F. The summed E-state index contributed by atoms with van der Waals surface area (Å²) in [7, 11) is 0. The van der Waals surface area contributed by atoms with E-state index >= 15 is 0 Å². The number of halogens is 2. The molecule has 134 valence electrons. The topological polar surface area (TPSA) is 62.4 Å². The number of hydrogen-bond donors (Lipinski definition) is 1. The molecule has 1 saturated heterocycles. The molecule has 0 spiro atoms. The Labute approximate surface area is 144 Å². The summed E-state index contributed by atoms with van der Waals surface area (Å²) < 4.78 is 32.2. The average molecular weight is 349 g/mol. The Morgan fingerprint density at radius 2 is 2.08 bits per heavy atom. The van der Waals surface area contributed by atoms with Crippen LogP contribution in [-0.2, 0) is 0 Å². The number of aliphatic hydroxyl groups excluding tert-OH is 1. The molecular formula is C18H21F2N3O2. The zero-order valence-electron chi connectivity index (χ0n) is 13.9. The van der Waals surface area contributed by atoms with Gasteiger partial charge < -0.3 is 9.63 Å². The number of benzene rings is 1. The summed E-state index contributed by atoms with van der Waals surface area (Å²) in [6.45, 7) is 1.82. The van der Waals surface area contributed by atoms with Gasteiger partial charge in [-0.1, -0.05) is 11.2 Å². The maximum absolute atomic E-state index is 13.8. The molecule has 0 unspecified atom stereocenters. The van der Waals surface area contributed by atoms with Crippen LogP contribution < -0.4 is 0 Å². The molecule has 2 aliphatic rings. The number of piperidine rings is 1. The summed E-state index contributed by atoms with van der Waals surface area (Å²) >= 11 is 0. The Balaban J connectivity index is 1.40. The molecule has 1 saturated carbocycles. The fourth-order valence-corrected chi connectivity index (χ4v) is 3.46. The van der Waals surface area contributed by atoms with Crippen LogP contribution in [0.1, 0.15) is 60.9 Å². The maximum atomic E-state index is 13.8. The van der Waals surface area contributed by atoms with Crippen molar-refractivity contribution >= 4 is 0 Å². The summed E-state index contributed by atoms with van der Waals surface area (Å²) in [5, 5.41) is 14.5. The Bertz CT molecular complexity index is 748. The average Bonchev–Trinajstić information content (AvgIpc) is 3.32. The molecule has 2 heterocycles. The van der Waals surface area contributed by atoms with Gasteiger partial charge in [0.1, 0.15) is 11.6 Å². The number of nitrogens with zero attached hydrogens (tertiary/aromatic N) is 3. The first-order valence-corrected chi connectivity index (χ1v) is 8.79. The van der Waals surface area contributed by atoms with Crippen molar-refractivity contribution in [3.63, 3.8) is 0 Å². The van der Waals surface area contributed by atoms with Gasteiger partial charge >= 0.3 is 0 Å². The molecular weight excluding hydrogens is 328 g/mol. The second-order valence-corrected chi connectivity index (χ2v) is 7.05. The van der Waals surface area contributed by atoms with E-state index in [4.69, 9.17) is 4.52 Å². The van der Waals surface area contributed by atoms with Gasteiger partial charge in [-0.2, -0.15) is 4.98 Å². The Kier molecular flexibility index (Phi) is 4.52. The Hall–Kier alpha value is -1.86. The van der Waals surface area contributed by atoms with Gasteiger partial charge in [-0.05, 0) is 38.3 Å². The predicted octanol–water partition coefficient (Wildman–Crippen LogP) is 3.14. The van der Waals surface area contributed by atoms with Crippen LogP contribution in [0.2, 0.25) is 0 Å². The van der Waals surface area contributed by atoms with E-state index in [1.54, 1.807) is 0 Å². The van der Waals surface area contributed by atoms with Crippen molar-refractivity contribution in [2.75, 3.05) is 19.6 Å². The van der Waals surface area contributed by atoms with E-state index in [-0.39, 0.29) is 11.5 Å². The van der Waals surface area contributed by atoms with Crippen LogP contribution in [0.3, 0.4) is 0 Å². The van der Waals surface area contributed by atoms with Gasteiger partial charge in [-0.3, -0.25) is 4.90 Å².